The number of aliphatic imine (C=N–C) groups is 1. The van der Waals surface area contributed by atoms with Crippen LogP contribution in [0.5, 0.6) is 5.75 Å². The number of halogens is 1. The van der Waals surface area contributed by atoms with Crippen LogP contribution in [-0.4, -0.2) is 49.1 Å². The van der Waals surface area contributed by atoms with E-state index in [1.54, 1.807) is 0 Å². The quantitative estimate of drug-likeness (QED) is 0.272. The van der Waals surface area contributed by atoms with Gasteiger partial charge in [-0.15, -0.1) is 24.0 Å². The Hall–Kier alpha value is -1.16. The molecule has 0 aliphatic heterocycles. The summed E-state index contributed by atoms with van der Waals surface area (Å²) in [6, 6.07) is 8.21. The van der Waals surface area contributed by atoms with E-state index in [2.05, 4.69) is 23.8 Å². The van der Waals surface area contributed by atoms with Crippen LogP contribution in [0.15, 0.2) is 29.3 Å². The number of benzene rings is 1. The zero-order chi connectivity index (χ0) is 18.8. The molecule has 1 amide bonds. The van der Waals surface area contributed by atoms with Gasteiger partial charge in [-0.3, -0.25) is 9.79 Å². The minimum Gasteiger partial charge on any atom is -0.484 e. The minimum atomic E-state index is -0.474. The minimum absolute atomic E-state index is 0. The summed E-state index contributed by atoms with van der Waals surface area (Å²) in [5.74, 6) is 1.08. The lowest BCUT2D eigenvalue weighted by Gasteiger charge is -2.17. The number of nitrogens with one attached hydrogen (secondary N) is 2. The van der Waals surface area contributed by atoms with Crippen molar-refractivity contribution in [3.05, 3.63) is 29.8 Å². The van der Waals surface area contributed by atoms with Crippen molar-refractivity contribution in [1.82, 2.24) is 10.6 Å². The standard InChI is InChI=1S/C19H30N4O2S.HI/c1-3-21-19(23-15-6-9-17(12-15)26-2)22-11-10-14-4-7-16(8-5-14)25-13-18(20)24;/h4-5,7-8,15,17H,3,6,9-13H2,1-2H3,(H2,20,24)(H2,21,22,23);1H. The van der Waals surface area contributed by atoms with Crippen molar-refractivity contribution in [3.63, 3.8) is 0 Å². The molecule has 1 aromatic carbocycles. The largest absolute Gasteiger partial charge is 0.484 e. The summed E-state index contributed by atoms with van der Waals surface area (Å²) in [5, 5.41) is 7.67. The van der Waals surface area contributed by atoms with Crippen LogP contribution >= 0.6 is 35.7 Å². The number of rotatable bonds is 9. The van der Waals surface area contributed by atoms with E-state index in [4.69, 9.17) is 15.5 Å². The van der Waals surface area contributed by atoms with Crippen LogP contribution in [0.3, 0.4) is 0 Å². The molecule has 4 N–H and O–H groups in total. The number of amides is 1. The van der Waals surface area contributed by atoms with Crippen molar-refractivity contribution in [2.24, 2.45) is 10.7 Å². The fourth-order valence-electron chi connectivity index (χ4n) is 3.00. The maximum absolute atomic E-state index is 10.7. The lowest BCUT2D eigenvalue weighted by Crippen LogP contribution is -2.42. The number of nitrogens with zero attached hydrogens (tertiary/aromatic N) is 1. The van der Waals surface area contributed by atoms with E-state index >= 15 is 0 Å². The Morgan fingerprint density at radius 1 is 1.33 bits per heavy atom. The van der Waals surface area contributed by atoms with E-state index in [0.29, 0.717) is 11.8 Å². The molecule has 152 valence electrons. The molecule has 1 fully saturated rings. The normalized spacial score (nSPS) is 19.3. The average Bonchev–Trinajstić information content (AvgIpc) is 3.09. The number of hydrogen-bond donors (Lipinski definition) is 3. The van der Waals surface area contributed by atoms with Gasteiger partial charge in [0.05, 0.1) is 0 Å². The fourth-order valence-corrected chi connectivity index (χ4v) is 3.80. The van der Waals surface area contributed by atoms with Crippen LogP contribution in [0, 0.1) is 0 Å². The van der Waals surface area contributed by atoms with Gasteiger partial charge in [0, 0.05) is 24.4 Å². The predicted octanol–water partition coefficient (Wildman–Crippen LogP) is 2.55. The Morgan fingerprint density at radius 3 is 2.67 bits per heavy atom. The lowest BCUT2D eigenvalue weighted by atomic mass is 10.1. The molecule has 6 nitrogen and oxygen atoms in total. The van der Waals surface area contributed by atoms with Gasteiger partial charge in [0.1, 0.15) is 5.75 Å². The molecule has 0 heterocycles. The third kappa shape index (κ3) is 9.05. The highest BCUT2D eigenvalue weighted by molar-refractivity contribution is 14.0. The van der Waals surface area contributed by atoms with Gasteiger partial charge < -0.3 is 21.1 Å². The van der Waals surface area contributed by atoms with Crippen molar-refractivity contribution < 1.29 is 9.53 Å². The number of thioether (sulfide) groups is 1. The van der Waals surface area contributed by atoms with Crippen LogP contribution < -0.4 is 21.1 Å². The molecule has 0 saturated heterocycles. The summed E-state index contributed by atoms with van der Waals surface area (Å²) < 4.78 is 5.27. The van der Waals surface area contributed by atoms with Crippen LogP contribution in [0.2, 0.25) is 0 Å². The molecular weight excluding hydrogens is 475 g/mol. The lowest BCUT2D eigenvalue weighted by molar-refractivity contribution is -0.119. The first-order valence-electron chi connectivity index (χ1n) is 9.18. The highest BCUT2D eigenvalue weighted by Gasteiger charge is 2.24. The van der Waals surface area contributed by atoms with Gasteiger partial charge in [-0.05, 0) is 56.6 Å². The maximum atomic E-state index is 10.7. The monoisotopic (exact) mass is 506 g/mol. The second-order valence-corrected chi connectivity index (χ2v) is 7.56. The van der Waals surface area contributed by atoms with E-state index < -0.39 is 5.91 Å². The smallest absolute Gasteiger partial charge is 0.255 e. The highest BCUT2D eigenvalue weighted by atomic mass is 127. The summed E-state index contributed by atoms with van der Waals surface area (Å²) in [4.78, 5) is 15.4. The van der Waals surface area contributed by atoms with E-state index in [-0.39, 0.29) is 30.6 Å². The number of carbonyl (C=O) groups excluding carboxylic acids is 1. The number of carbonyl (C=O) groups is 1. The second-order valence-electron chi connectivity index (χ2n) is 6.42. The van der Waals surface area contributed by atoms with Gasteiger partial charge in [0.15, 0.2) is 12.6 Å². The van der Waals surface area contributed by atoms with Crippen molar-refractivity contribution in [3.8, 4) is 5.75 Å². The van der Waals surface area contributed by atoms with E-state index in [0.717, 1.165) is 30.7 Å². The molecule has 2 atom stereocenters. The Labute approximate surface area is 183 Å². The van der Waals surface area contributed by atoms with Gasteiger partial charge in [0.25, 0.3) is 5.91 Å². The summed E-state index contributed by atoms with van der Waals surface area (Å²) in [7, 11) is 0. The van der Waals surface area contributed by atoms with Gasteiger partial charge in [-0.25, -0.2) is 0 Å². The number of primary amides is 1. The van der Waals surface area contributed by atoms with Gasteiger partial charge in [-0.2, -0.15) is 11.8 Å². The van der Waals surface area contributed by atoms with Crippen LogP contribution in [-0.2, 0) is 11.2 Å². The average molecular weight is 506 g/mol. The van der Waals surface area contributed by atoms with E-state index in [1.165, 1.54) is 24.8 Å². The molecule has 0 spiro atoms. The third-order valence-electron chi connectivity index (χ3n) is 4.38. The summed E-state index contributed by atoms with van der Waals surface area (Å²) >= 11 is 1.96. The van der Waals surface area contributed by atoms with Gasteiger partial charge in [0.2, 0.25) is 0 Å². The van der Waals surface area contributed by atoms with Crippen molar-refractivity contribution in [2.45, 2.75) is 43.9 Å². The van der Waals surface area contributed by atoms with E-state index in [9.17, 15) is 4.79 Å². The molecule has 2 unspecified atom stereocenters. The van der Waals surface area contributed by atoms with Crippen LogP contribution in [0.1, 0.15) is 31.7 Å². The van der Waals surface area contributed by atoms with Gasteiger partial charge in [-0.1, -0.05) is 12.1 Å². The summed E-state index contributed by atoms with van der Waals surface area (Å²) in [6.45, 7) is 3.56. The third-order valence-corrected chi connectivity index (χ3v) is 5.47. The molecule has 8 heteroatoms. The highest BCUT2D eigenvalue weighted by Crippen LogP contribution is 2.28. The Balaban J connectivity index is 0.00000364. The number of guanidine groups is 1. The molecular formula is C19H31IN4O2S. The van der Waals surface area contributed by atoms with Crippen molar-refractivity contribution in [2.75, 3.05) is 26.0 Å². The first-order chi connectivity index (χ1) is 12.6. The first-order valence-corrected chi connectivity index (χ1v) is 10.5. The number of ether oxygens (including phenoxy) is 1. The molecule has 1 saturated carbocycles. The topological polar surface area (TPSA) is 88.7 Å². The molecule has 0 aromatic heterocycles. The second kappa shape index (κ2) is 13.1. The van der Waals surface area contributed by atoms with Crippen molar-refractivity contribution in [1.29, 1.82) is 0 Å². The van der Waals surface area contributed by atoms with E-state index in [1.807, 2.05) is 36.0 Å². The van der Waals surface area contributed by atoms with Crippen LogP contribution in [0.25, 0.3) is 0 Å². The van der Waals surface area contributed by atoms with Crippen LogP contribution in [0.4, 0.5) is 0 Å². The molecule has 27 heavy (non-hydrogen) atoms. The van der Waals surface area contributed by atoms with Crippen molar-refractivity contribution >= 4 is 47.6 Å². The maximum Gasteiger partial charge on any atom is 0.255 e. The molecule has 1 aromatic rings. The molecule has 2 rings (SSSR count). The summed E-state index contributed by atoms with van der Waals surface area (Å²) in [5.41, 5.74) is 6.25. The molecule has 0 radical (unpaired) electrons. The zero-order valence-corrected chi connectivity index (χ0v) is 19.2. The molecule has 0 bridgehead atoms. The fraction of sp³-hybridized carbons (Fsp3) is 0.579. The molecule has 1 aliphatic carbocycles. The molecule has 1 aliphatic rings. The number of hydrogen-bond acceptors (Lipinski definition) is 4. The summed E-state index contributed by atoms with van der Waals surface area (Å²) in [6.07, 6.45) is 6.74. The Kier molecular flexibility index (Phi) is 11.6. The SMILES string of the molecule is CCNC(=NCCc1ccc(OCC(N)=O)cc1)NC1CCC(SC)C1.I. The zero-order valence-electron chi connectivity index (χ0n) is 16.1. The van der Waals surface area contributed by atoms with Gasteiger partial charge >= 0.3 is 0 Å². The number of nitrogens with two attached hydrogens (primary N) is 1. The first kappa shape index (κ1) is 23.9. The Morgan fingerprint density at radius 2 is 2.07 bits per heavy atom. The Bertz CT molecular complexity index is 598. The predicted molar refractivity (Wildman–Crippen MR) is 124 cm³/mol.